The van der Waals surface area contributed by atoms with Crippen LogP contribution in [0, 0.1) is 0 Å². The molecule has 2 amide bonds. The van der Waals surface area contributed by atoms with E-state index in [1.54, 1.807) is 6.07 Å². The van der Waals surface area contributed by atoms with Crippen molar-refractivity contribution >= 4 is 22.6 Å². The highest BCUT2D eigenvalue weighted by atomic mass is 16.2. The van der Waals surface area contributed by atoms with Gasteiger partial charge in [0.2, 0.25) is 11.8 Å². The van der Waals surface area contributed by atoms with Gasteiger partial charge in [0, 0.05) is 6.54 Å². The molecule has 2 rings (SSSR count). The summed E-state index contributed by atoms with van der Waals surface area (Å²) in [6.45, 7) is 2.42. The van der Waals surface area contributed by atoms with Crippen LogP contribution in [0.5, 0.6) is 0 Å². The highest BCUT2D eigenvalue weighted by Gasteiger charge is 2.14. The normalized spacial score (nSPS) is 10.4. The van der Waals surface area contributed by atoms with E-state index in [0.29, 0.717) is 17.7 Å². The molecule has 0 bridgehead atoms. The zero-order valence-electron chi connectivity index (χ0n) is 10.8. The second-order valence-electron chi connectivity index (χ2n) is 4.32. The quantitative estimate of drug-likeness (QED) is 0.872. The fourth-order valence-electron chi connectivity index (χ4n) is 2.19. The Hall–Kier alpha value is -2.36. The Balaban J connectivity index is 2.52. The van der Waals surface area contributed by atoms with E-state index in [-0.39, 0.29) is 12.3 Å². The summed E-state index contributed by atoms with van der Waals surface area (Å²) >= 11 is 0. The SMILES string of the molecule is CCNC(=O)Cc1ccc2ccccc2c1C(N)=O. The molecule has 2 aromatic carbocycles. The molecule has 0 fully saturated rings. The predicted molar refractivity (Wildman–Crippen MR) is 74.9 cm³/mol. The van der Waals surface area contributed by atoms with Gasteiger partial charge >= 0.3 is 0 Å². The molecule has 0 aliphatic carbocycles. The summed E-state index contributed by atoms with van der Waals surface area (Å²) in [6.07, 6.45) is 0.164. The number of benzene rings is 2. The smallest absolute Gasteiger partial charge is 0.249 e. The molecule has 0 radical (unpaired) electrons. The number of nitrogens with two attached hydrogens (primary N) is 1. The van der Waals surface area contributed by atoms with E-state index in [0.717, 1.165) is 10.8 Å². The average molecular weight is 256 g/mol. The standard InChI is InChI=1S/C15H16N2O2/c1-2-17-13(18)9-11-8-7-10-5-3-4-6-12(10)14(11)15(16)19/h3-8H,2,9H2,1H3,(H2,16,19)(H,17,18). The monoisotopic (exact) mass is 256 g/mol. The maximum Gasteiger partial charge on any atom is 0.249 e. The number of hydrogen-bond donors (Lipinski definition) is 2. The zero-order valence-corrected chi connectivity index (χ0v) is 10.8. The van der Waals surface area contributed by atoms with Crippen LogP contribution in [0.1, 0.15) is 22.8 Å². The van der Waals surface area contributed by atoms with E-state index in [1.807, 2.05) is 37.3 Å². The number of hydrogen-bond acceptors (Lipinski definition) is 2. The van der Waals surface area contributed by atoms with Gasteiger partial charge in [-0.25, -0.2) is 0 Å². The van der Waals surface area contributed by atoms with Crippen LogP contribution in [0.15, 0.2) is 36.4 Å². The van der Waals surface area contributed by atoms with Crippen LogP contribution in [0.2, 0.25) is 0 Å². The molecule has 0 aromatic heterocycles. The maximum absolute atomic E-state index is 11.7. The van der Waals surface area contributed by atoms with Crippen LogP contribution < -0.4 is 11.1 Å². The summed E-state index contributed by atoms with van der Waals surface area (Å²) in [4.78, 5) is 23.3. The molecule has 0 unspecified atom stereocenters. The minimum Gasteiger partial charge on any atom is -0.366 e. The van der Waals surface area contributed by atoms with E-state index in [4.69, 9.17) is 5.73 Å². The number of rotatable bonds is 4. The minimum atomic E-state index is -0.504. The number of likely N-dealkylation sites (N-methyl/N-ethyl adjacent to an activating group) is 1. The first-order chi connectivity index (χ1) is 9.13. The highest BCUT2D eigenvalue weighted by molar-refractivity contribution is 6.08. The minimum absolute atomic E-state index is 0.111. The van der Waals surface area contributed by atoms with E-state index in [2.05, 4.69) is 5.32 Å². The second-order valence-corrected chi connectivity index (χ2v) is 4.32. The van der Waals surface area contributed by atoms with Crippen molar-refractivity contribution in [2.24, 2.45) is 5.73 Å². The van der Waals surface area contributed by atoms with E-state index in [9.17, 15) is 9.59 Å². The third-order valence-corrected chi connectivity index (χ3v) is 2.99. The van der Waals surface area contributed by atoms with Crippen molar-refractivity contribution < 1.29 is 9.59 Å². The largest absolute Gasteiger partial charge is 0.366 e. The first-order valence-corrected chi connectivity index (χ1v) is 6.20. The fraction of sp³-hybridized carbons (Fsp3) is 0.200. The Labute approximate surface area is 111 Å². The van der Waals surface area contributed by atoms with Crippen LogP contribution in [0.4, 0.5) is 0 Å². The first kappa shape index (κ1) is 13.1. The first-order valence-electron chi connectivity index (χ1n) is 6.20. The van der Waals surface area contributed by atoms with Gasteiger partial charge in [-0.1, -0.05) is 36.4 Å². The Kier molecular flexibility index (Phi) is 3.80. The second kappa shape index (κ2) is 5.52. The lowest BCUT2D eigenvalue weighted by Crippen LogP contribution is -2.26. The maximum atomic E-state index is 11.7. The topological polar surface area (TPSA) is 72.2 Å². The van der Waals surface area contributed by atoms with Gasteiger partial charge in [-0.05, 0) is 23.3 Å². The Morgan fingerprint density at radius 1 is 1.16 bits per heavy atom. The summed E-state index contributed by atoms with van der Waals surface area (Å²) in [7, 11) is 0. The molecule has 0 saturated carbocycles. The molecule has 3 N–H and O–H groups in total. The van der Waals surface area contributed by atoms with E-state index >= 15 is 0 Å². The lowest BCUT2D eigenvalue weighted by molar-refractivity contribution is -0.120. The third kappa shape index (κ3) is 2.73. The number of nitrogens with one attached hydrogen (secondary N) is 1. The van der Waals surface area contributed by atoms with Gasteiger partial charge in [0.05, 0.1) is 12.0 Å². The highest BCUT2D eigenvalue weighted by Crippen LogP contribution is 2.22. The summed E-state index contributed by atoms with van der Waals surface area (Å²) < 4.78 is 0. The molecule has 4 nitrogen and oxygen atoms in total. The molecule has 0 saturated heterocycles. The van der Waals surface area contributed by atoms with Crippen LogP contribution in [-0.4, -0.2) is 18.4 Å². The Morgan fingerprint density at radius 2 is 1.89 bits per heavy atom. The molecule has 2 aromatic rings. The molecule has 0 aliphatic rings. The average Bonchev–Trinajstić information content (AvgIpc) is 2.38. The number of fused-ring (bicyclic) bond motifs is 1. The number of carbonyl (C=O) groups is 2. The van der Waals surface area contributed by atoms with Gasteiger partial charge in [-0.3, -0.25) is 9.59 Å². The summed E-state index contributed by atoms with van der Waals surface area (Å²) in [5.74, 6) is -0.614. The van der Waals surface area contributed by atoms with Gasteiger partial charge < -0.3 is 11.1 Å². The van der Waals surface area contributed by atoms with Gasteiger partial charge in [0.1, 0.15) is 0 Å². The third-order valence-electron chi connectivity index (χ3n) is 2.99. The van der Waals surface area contributed by atoms with Crippen LogP contribution in [0.3, 0.4) is 0 Å². The van der Waals surface area contributed by atoms with Crippen molar-refractivity contribution in [3.05, 3.63) is 47.5 Å². The molecular formula is C15H16N2O2. The molecule has 0 atom stereocenters. The molecule has 98 valence electrons. The van der Waals surface area contributed by atoms with Crippen molar-refractivity contribution in [2.75, 3.05) is 6.54 Å². The summed E-state index contributed by atoms with van der Waals surface area (Å²) in [6, 6.07) is 11.2. The van der Waals surface area contributed by atoms with Crippen molar-refractivity contribution in [3.63, 3.8) is 0 Å². The van der Waals surface area contributed by atoms with Crippen molar-refractivity contribution in [3.8, 4) is 0 Å². The van der Waals surface area contributed by atoms with Crippen LogP contribution >= 0.6 is 0 Å². The molecule has 0 aliphatic heterocycles. The molecular weight excluding hydrogens is 240 g/mol. The van der Waals surface area contributed by atoms with Crippen molar-refractivity contribution in [1.82, 2.24) is 5.32 Å². The van der Waals surface area contributed by atoms with Gasteiger partial charge in [0.15, 0.2) is 0 Å². The van der Waals surface area contributed by atoms with E-state index < -0.39 is 5.91 Å². The van der Waals surface area contributed by atoms with Crippen molar-refractivity contribution in [2.45, 2.75) is 13.3 Å². The van der Waals surface area contributed by atoms with Crippen LogP contribution in [-0.2, 0) is 11.2 Å². The van der Waals surface area contributed by atoms with Crippen LogP contribution in [0.25, 0.3) is 10.8 Å². The number of carbonyl (C=O) groups excluding carboxylic acids is 2. The fourth-order valence-corrected chi connectivity index (χ4v) is 2.19. The molecule has 19 heavy (non-hydrogen) atoms. The molecule has 0 heterocycles. The summed E-state index contributed by atoms with van der Waals surface area (Å²) in [5.41, 5.74) is 6.56. The van der Waals surface area contributed by atoms with Gasteiger partial charge in [-0.2, -0.15) is 0 Å². The Bertz CT molecular complexity index is 635. The number of primary amides is 1. The lowest BCUT2D eigenvalue weighted by atomic mass is 9.96. The van der Waals surface area contributed by atoms with Gasteiger partial charge in [0.25, 0.3) is 0 Å². The van der Waals surface area contributed by atoms with E-state index in [1.165, 1.54) is 0 Å². The Morgan fingerprint density at radius 3 is 2.58 bits per heavy atom. The summed E-state index contributed by atoms with van der Waals surface area (Å²) in [5, 5.41) is 4.45. The zero-order chi connectivity index (χ0) is 13.8. The lowest BCUT2D eigenvalue weighted by Gasteiger charge is -2.10. The van der Waals surface area contributed by atoms with Crippen molar-refractivity contribution in [1.29, 1.82) is 0 Å². The molecule has 0 spiro atoms. The van der Waals surface area contributed by atoms with Gasteiger partial charge in [-0.15, -0.1) is 0 Å². The predicted octanol–water partition coefficient (Wildman–Crippen LogP) is 1.62. The molecule has 4 heteroatoms. The number of amides is 2.